The molecule has 2 rings (SSSR count). The van der Waals surface area contributed by atoms with Crippen LogP contribution in [-0.2, 0) is 0 Å². The zero-order valence-corrected chi connectivity index (χ0v) is 9.45. The molecule has 7 heteroatoms. The SMILES string of the molecule is CC(NC(=O)c1ncn[nH]1)c1ccc(F)cc1F. The van der Waals surface area contributed by atoms with E-state index in [-0.39, 0.29) is 11.4 Å². The summed E-state index contributed by atoms with van der Waals surface area (Å²) in [5.74, 6) is -1.85. The van der Waals surface area contributed by atoms with Crippen molar-refractivity contribution in [3.8, 4) is 0 Å². The standard InChI is InChI=1S/C11H10F2N4O/c1-6(8-3-2-7(12)4-9(8)13)16-11(18)10-14-5-15-17-10/h2-6H,1H3,(H,16,18)(H,14,15,17). The first kappa shape index (κ1) is 12.2. The molecule has 1 heterocycles. The van der Waals surface area contributed by atoms with E-state index in [0.29, 0.717) is 0 Å². The number of halogens is 2. The highest BCUT2D eigenvalue weighted by Crippen LogP contribution is 2.17. The number of rotatable bonds is 3. The first-order chi connectivity index (χ1) is 8.58. The normalized spacial score (nSPS) is 12.2. The summed E-state index contributed by atoms with van der Waals surface area (Å²) >= 11 is 0. The predicted octanol–water partition coefficient (Wildman–Crippen LogP) is 1.57. The van der Waals surface area contributed by atoms with Crippen LogP contribution in [0.1, 0.15) is 29.1 Å². The number of aromatic amines is 1. The van der Waals surface area contributed by atoms with E-state index >= 15 is 0 Å². The fourth-order valence-corrected chi connectivity index (χ4v) is 1.51. The number of amides is 1. The average Bonchev–Trinajstić information content (AvgIpc) is 2.81. The van der Waals surface area contributed by atoms with E-state index in [2.05, 4.69) is 20.5 Å². The fraction of sp³-hybridized carbons (Fsp3) is 0.182. The molecule has 1 atom stereocenters. The third-order valence-corrected chi connectivity index (χ3v) is 2.41. The molecule has 1 amide bonds. The molecule has 0 aliphatic rings. The quantitative estimate of drug-likeness (QED) is 0.871. The molecule has 18 heavy (non-hydrogen) atoms. The van der Waals surface area contributed by atoms with Gasteiger partial charge in [0, 0.05) is 11.6 Å². The molecule has 1 unspecified atom stereocenters. The van der Waals surface area contributed by atoms with Gasteiger partial charge in [0.15, 0.2) is 0 Å². The van der Waals surface area contributed by atoms with Gasteiger partial charge in [0.1, 0.15) is 18.0 Å². The van der Waals surface area contributed by atoms with Crippen molar-refractivity contribution in [2.75, 3.05) is 0 Å². The van der Waals surface area contributed by atoms with Crippen LogP contribution in [0.25, 0.3) is 0 Å². The summed E-state index contributed by atoms with van der Waals surface area (Å²) in [6.45, 7) is 1.59. The highest BCUT2D eigenvalue weighted by atomic mass is 19.1. The Hall–Kier alpha value is -2.31. The smallest absolute Gasteiger partial charge is 0.289 e. The van der Waals surface area contributed by atoms with Gasteiger partial charge in [-0.1, -0.05) is 6.07 Å². The number of carbonyl (C=O) groups excluding carboxylic acids is 1. The highest BCUT2D eigenvalue weighted by molar-refractivity contribution is 5.90. The summed E-state index contributed by atoms with van der Waals surface area (Å²) in [5.41, 5.74) is 0.198. The first-order valence-corrected chi connectivity index (χ1v) is 5.19. The first-order valence-electron chi connectivity index (χ1n) is 5.19. The number of H-pyrrole nitrogens is 1. The maximum atomic E-state index is 13.5. The third-order valence-electron chi connectivity index (χ3n) is 2.41. The summed E-state index contributed by atoms with van der Waals surface area (Å²) in [6, 6.07) is 2.58. The van der Waals surface area contributed by atoms with Crippen LogP contribution in [0, 0.1) is 11.6 Å². The average molecular weight is 252 g/mol. The number of aromatic nitrogens is 3. The van der Waals surface area contributed by atoms with E-state index < -0.39 is 23.6 Å². The Morgan fingerprint density at radius 2 is 2.22 bits per heavy atom. The lowest BCUT2D eigenvalue weighted by atomic mass is 10.1. The maximum Gasteiger partial charge on any atom is 0.289 e. The Balaban J connectivity index is 2.12. The molecule has 0 radical (unpaired) electrons. The van der Waals surface area contributed by atoms with Crippen molar-refractivity contribution in [3.63, 3.8) is 0 Å². The van der Waals surface area contributed by atoms with Crippen molar-refractivity contribution in [2.24, 2.45) is 0 Å². The Morgan fingerprint density at radius 1 is 1.44 bits per heavy atom. The molecular formula is C11H10F2N4O. The number of carbonyl (C=O) groups is 1. The molecule has 0 aliphatic carbocycles. The summed E-state index contributed by atoms with van der Waals surface area (Å²) in [5, 5.41) is 8.45. The van der Waals surface area contributed by atoms with Gasteiger partial charge >= 0.3 is 0 Å². The van der Waals surface area contributed by atoms with Gasteiger partial charge in [-0.05, 0) is 13.0 Å². The van der Waals surface area contributed by atoms with E-state index in [4.69, 9.17) is 0 Å². The Kier molecular flexibility index (Phi) is 3.31. The predicted molar refractivity (Wildman–Crippen MR) is 58.6 cm³/mol. The van der Waals surface area contributed by atoms with E-state index in [1.54, 1.807) is 6.92 Å². The molecule has 5 nitrogen and oxygen atoms in total. The molecule has 1 aromatic carbocycles. The van der Waals surface area contributed by atoms with Crippen LogP contribution in [0.5, 0.6) is 0 Å². The molecule has 2 N–H and O–H groups in total. The van der Waals surface area contributed by atoms with Gasteiger partial charge < -0.3 is 5.32 Å². The second-order valence-corrected chi connectivity index (χ2v) is 3.70. The molecule has 0 aliphatic heterocycles. The van der Waals surface area contributed by atoms with Crippen LogP contribution in [-0.4, -0.2) is 21.1 Å². The lowest BCUT2D eigenvalue weighted by Crippen LogP contribution is -2.28. The van der Waals surface area contributed by atoms with E-state index in [1.807, 2.05) is 0 Å². The summed E-state index contributed by atoms with van der Waals surface area (Å²) < 4.78 is 26.2. The molecule has 2 aromatic rings. The number of hydrogen-bond donors (Lipinski definition) is 2. The van der Waals surface area contributed by atoms with Gasteiger partial charge in [-0.25, -0.2) is 13.8 Å². The molecule has 0 spiro atoms. The topological polar surface area (TPSA) is 70.7 Å². The van der Waals surface area contributed by atoms with Crippen LogP contribution in [0.2, 0.25) is 0 Å². The Labute approximate surface area is 101 Å². The Morgan fingerprint density at radius 3 is 2.83 bits per heavy atom. The number of hydrogen-bond acceptors (Lipinski definition) is 3. The second kappa shape index (κ2) is 4.91. The molecule has 0 saturated carbocycles. The minimum Gasteiger partial charge on any atom is -0.343 e. The van der Waals surface area contributed by atoms with E-state index in [0.717, 1.165) is 12.1 Å². The van der Waals surface area contributed by atoms with E-state index in [1.165, 1.54) is 12.4 Å². The molecule has 1 aromatic heterocycles. The molecule has 0 saturated heterocycles. The van der Waals surface area contributed by atoms with Crippen molar-refractivity contribution < 1.29 is 13.6 Å². The molecule has 94 valence electrons. The fourth-order valence-electron chi connectivity index (χ4n) is 1.51. The van der Waals surface area contributed by atoms with Crippen LogP contribution in [0.15, 0.2) is 24.5 Å². The van der Waals surface area contributed by atoms with Gasteiger partial charge in [-0.15, -0.1) is 0 Å². The zero-order valence-electron chi connectivity index (χ0n) is 9.45. The van der Waals surface area contributed by atoms with Gasteiger partial charge in [0.05, 0.1) is 6.04 Å². The van der Waals surface area contributed by atoms with Gasteiger partial charge in [0.25, 0.3) is 5.91 Å². The molecular weight excluding hydrogens is 242 g/mol. The summed E-state index contributed by atoms with van der Waals surface area (Å²) in [6.07, 6.45) is 1.19. The lowest BCUT2D eigenvalue weighted by Gasteiger charge is -2.14. The second-order valence-electron chi connectivity index (χ2n) is 3.70. The number of nitrogens with one attached hydrogen (secondary N) is 2. The Bertz CT molecular complexity index is 556. The monoisotopic (exact) mass is 252 g/mol. The van der Waals surface area contributed by atoms with Crippen molar-refractivity contribution in [2.45, 2.75) is 13.0 Å². The van der Waals surface area contributed by atoms with Gasteiger partial charge in [-0.3, -0.25) is 9.89 Å². The molecule has 0 bridgehead atoms. The minimum atomic E-state index is -0.708. The number of nitrogens with zero attached hydrogens (tertiary/aromatic N) is 2. The van der Waals surface area contributed by atoms with Crippen LogP contribution < -0.4 is 5.32 Å². The largest absolute Gasteiger partial charge is 0.343 e. The highest BCUT2D eigenvalue weighted by Gasteiger charge is 2.16. The van der Waals surface area contributed by atoms with Crippen molar-refractivity contribution in [3.05, 3.63) is 47.5 Å². The number of benzene rings is 1. The van der Waals surface area contributed by atoms with Crippen molar-refractivity contribution >= 4 is 5.91 Å². The van der Waals surface area contributed by atoms with Crippen molar-refractivity contribution in [1.29, 1.82) is 0 Å². The van der Waals surface area contributed by atoms with Gasteiger partial charge in [-0.2, -0.15) is 5.10 Å². The lowest BCUT2D eigenvalue weighted by molar-refractivity contribution is 0.0929. The van der Waals surface area contributed by atoms with Crippen LogP contribution in [0.3, 0.4) is 0 Å². The van der Waals surface area contributed by atoms with Crippen LogP contribution in [0.4, 0.5) is 8.78 Å². The van der Waals surface area contributed by atoms with Gasteiger partial charge in [0.2, 0.25) is 5.82 Å². The minimum absolute atomic E-state index is 0.0318. The third kappa shape index (κ3) is 2.50. The van der Waals surface area contributed by atoms with Crippen LogP contribution >= 0.6 is 0 Å². The zero-order chi connectivity index (χ0) is 13.1. The summed E-state index contributed by atoms with van der Waals surface area (Å²) in [7, 11) is 0. The van der Waals surface area contributed by atoms with E-state index in [9.17, 15) is 13.6 Å². The maximum absolute atomic E-state index is 13.5. The molecule has 0 fully saturated rings. The summed E-state index contributed by atoms with van der Waals surface area (Å²) in [4.78, 5) is 15.3. The van der Waals surface area contributed by atoms with Crippen molar-refractivity contribution in [1.82, 2.24) is 20.5 Å².